The van der Waals surface area contributed by atoms with E-state index >= 15 is 0 Å². The number of nitrogens with zero attached hydrogens (tertiary/aromatic N) is 1. The monoisotopic (exact) mass is 288 g/mol. The first-order valence-corrected chi connectivity index (χ1v) is 6.22. The minimum Gasteiger partial charge on any atom is -0.322 e. The summed E-state index contributed by atoms with van der Waals surface area (Å²) in [7, 11) is 0. The van der Waals surface area contributed by atoms with Gasteiger partial charge < -0.3 is 5.32 Å². The molecule has 0 radical (unpaired) electrons. The smallest absolute Gasteiger partial charge is 0.255 e. The summed E-state index contributed by atoms with van der Waals surface area (Å²) in [4.78, 5) is 15.9. The second-order valence-electron chi connectivity index (χ2n) is 3.71. The van der Waals surface area contributed by atoms with Crippen LogP contribution in [0.3, 0.4) is 0 Å². The lowest BCUT2D eigenvalue weighted by molar-refractivity contribution is 0.102. The highest BCUT2D eigenvalue weighted by atomic mass is 35.5. The van der Waals surface area contributed by atoms with Crippen molar-refractivity contribution >= 4 is 46.3 Å². The number of thiocarbonyl (C=S) groups is 1. The Morgan fingerprint density at radius 1 is 1.21 bits per heavy atom. The van der Waals surface area contributed by atoms with Gasteiger partial charge in [0, 0.05) is 16.3 Å². The number of hydrogen-bond acceptors (Lipinski definition) is 3. The molecule has 5 heteroatoms. The summed E-state index contributed by atoms with van der Waals surface area (Å²) in [6.07, 6.45) is 0. The number of hydrogen-bond donors (Lipinski definition) is 1. The molecule has 0 atom stereocenters. The summed E-state index contributed by atoms with van der Waals surface area (Å²) in [5, 5.41) is 5.66. The molecular weight excluding hydrogens is 280 g/mol. The topological polar surface area (TPSA) is 41.5 Å². The summed E-state index contributed by atoms with van der Waals surface area (Å²) in [5.41, 5.74) is 1.78. The van der Waals surface area contributed by atoms with Gasteiger partial charge in [-0.25, -0.2) is 0 Å². The Labute approximate surface area is 120 Å². The van der Waals surface area contributed by atoms with Crippen molar-refractivity contribution < 1.29 is 4.79 Å². The van der Waals surface area contributed by atoms with Crippen molar-refractivity contribution in [2.45, 2.75) is 0 Å². The highest BCUT2D eigenvalue weighted by Gasteiger charge is 2.06. The van der Waals surface area contributed by atoms with Crippen LogP contribution in [0.25, 0.3) is 0 Å². The van der Waals surface area contributed by atoms with Crippen LogP contribution in [0.2, 0.25) is 5.02 Å². The molecule has 0 aromatic heterocycles. The number of benzene rings is 2. The normalized spacial score (nSPS) is 9.53. The third-order valence-corrected chi connectivity index (χ3v) is 2.73. The van der Waals surface area contributed by atoms with E-state index in [1.165, 1.54) is 0 Å². The molecule has 0 aliphatic rings. The Morgan fingerprint density at radius 3 is 2.63 bits per heavy atom. The average Bonchev–Trinajstić information content (AvgIpc) is 2.42. The minimum atomic E-state index is -0.219. The molecule has 1 amide bonds. The Balaban J connectivity index is 2.17. The van der Waals surface area contributed by atoms with Gasteiger partial charge in [0.05, 0.1) is 10.8 Å². The first kappa shape index (κ1) is 13.4. The lowest BCUT2D eigenvalue weighted by atomic mass is 10.2. The lowest BCUT2D eigenvalue weighted by Gasteiger charge is -2.05. The fourth-order valence-corrected chi connectivity index (χ4v) is 1.74. The van der Waals surface area contributed by atoms with Crippen LogP contribution in [0.15, 0.2) is 53.5 Å². The van der Waals surface area contributed by atoms with E-state index in [4.69, 9.17) is 11.6 Å². The fraction of sp³-hybridized carbons (Fsp3) is 0. The van der Waals surface area contributed by atoms with E-state index in [1.807, 2.05) is 0 Å². The number of amides is 1. The van der Waals surface area contributed by atoms with Crippen molar-refractivity contribution in [3.8, 4) is 0 Å². The summed E-state index contributed by atoms with van der Waals surface area (Å²) >= 11 is 10.3. The third kappa shape index (κ3) is 3.73. The van der Waals surface area contributed by atoms with Gasteiger partial charge in [0.1, 0.15) is 0 Å². The van der Waals surface area contributed by atoms with Crippen LogP contribution in [0, 0.1) is 0 Å². The van der Waals surface area contributed by atoms with E-state index in [1.54, 1.807) is 48.5 Å². The van der Waals surface area contributed by atoms with E-state index in [0.717, 1.165) is 0 Å². The Bertz CT molecular complexity index is 649. The van der Waals surface area contributed by atoms with Crippen LogP contribution in [-0.4, -0.2) is 11.1 Å². The summed E-state index contributed by atoms with van der Waals surface area (Å²) in [6.45, 7) is 0. The van der Waals surface area contributed by atoms with Crippen LogP contribution in [-0.2, 0) is 0 Å². The summed E-state index contributed by atoms with van der Waals surface area (Å²) < 4.78 is 0. The molecule has 0 saturated carbocycles. The molecular formula is C14H9ClN2OS. The van der Waals surface area contributed by atoms with E-state index in [-0.39, 0.29) is 5.91 Å². The van der Waals surface area contributed by atoms with Crippen molar-refractivity contribution in [2.75, 3.05) is 5.32 Å². The number of carbonyl (C=O) groups excluding carboxylic acids is 1. The highest BCUT2D eigenvalue weighted by Crippen LogP contribution is 2.17. The average molecular weight is 289 g/mol. The predicted molar refractivity (Wildman–Crippen MR) is 80.5 cm³/mol. The molecule has 2 aromatic carbocycles. The van der Waals surface area contributed by atoms with Gasteiger partial charge in [0.2, 0.25) is 0 Å². The second kappa shape index (κ2) is 6.25. The number of rotatable bonds is 3. The quantitative estimate of drug-likeness (QED) is 0.675. The molecule has 0 fully saturated rings. The molecule has 0 saturated heterocycles. The molecule has 94 valence electrons. The molecule has 2 aromatic rings. The zero-order chi connectivity index (χ0) is 13.7. The molecule has 0 bridgehead atoms. The molecule has 0 aliphatic carbocycles. The van der Waals surface area contributed by atoms with Crippen LogP contribution in [0.1, 0.15) is 10.4 Å². The van der Waals surface area contributed by atoms with Gasteiger partial charge in [0.15, 0.2) is 0 Å². The molecule has 1 N–H and O–H groups in total. The first-order chi connectivity index (χ1) is 9.19. The van der Waals surface area contributed by atoms with E-state index < -0.39 is 0 Å². The number of anilines is 1. The molecule has 0 unspecified atom stereocenters. The van der Waals surface area contributed by atoms with Gasteiger partial charge >= 0.3 is 0 Å². The molecule has 3 nitrogen and oxygen atoms in total. The van der Waals surface area contributed by atoms with Gasteiger partial charge in [-0.3, -0.25) is 4.79 Å². The highest BCUT2D eigenvalue weighted by molar-refractivity contribution is 7.78. The maximum absolute atomic E-state index is 12.0. The minimum absolute atomic E-state index is 0.219. The van der Waals surface area contributed by atoms with Gasteiger partial charge in [-0.15, -0.1) is 0 Å². The molecule has 2 rings (SSSR count). The van der Waals surface area contributed by atoms with E-state index in [0.29, 0.717) is 22.0 Å². The summed E-state index contributed by atoms with van der Waals surface area (Å²) in [6, 6.07) is 13.7. The van der Waals surface area contributed by atoms with Crippen LogP contribution >= 0.6 is 23.8 Å². The van der Waals surface area contributed by atoms with E-state index in [9.17, 15) is 4.79 Å². The molecule has 0 heterocycles. The molecule has 19 heavy (non-hydrogen) atoms. The number of carbonyl (C=O) groups is 1. The van der Waals surface area contributed by atoms with Crippen LogP contribution in [0.4, 0.5) is 11.4 Å². The van der Waals surface area contributed by atoms with Crippen LogP contribution < -0.4 is 5.32 Å². The Hall–Kier alpha value is -2.00. The predicted octanol–water partition coefficient (Wildman–Crippen LogP) is 4.33. The largest absolute Gasteiger partial charge is 0.322 e. The van der Waals surface area contributed by atoms with Crippen LogP contribution in [0.5, 0.6) is 0 Å². The van der Waals surface area contributed by atoms with Gasteiger partial charge in [-0.05, 0) is 54.7 Å². The van der Waals surface area contributed by atoms with Gasteiger partial charge in [-0.1, -0.05) is 17.7 Å². The van der Waals surface area contributed by atoms with Crippen molar-refractivity contribution in [1.82, 2.24) is 0 Å². The van der Waals surface area contributed by atoms with Gasteiger partial charge in [0.25, 0.3) is 5.91 Å². The van der Waals surface area contributed by atoms with Crippen molar-refractivity contribution in [2.24, 2.45) is 4.99 Å². The summed E-state index contributed by atoms with van der Waals surface area (Å²) in [5.74, 6) is -0.219. The Kier molecular flexibility index (Phi) is 4.42. The van der Waals surface area contributed by atoms with Crippen molar-refractivity contribution in [1.29, 1.82) is 0 Å². The zero-order valence-corrected chi connectivity index (χ0v) is 11.3. The van der Waals surface area contributed by atoms with Gasteiger partial charge in [-0.2, -0.15) is 4.99 Å². The van der Waals surface area contributed by atoms with Crippen molar-refractivity contribution in [3.63, 3.8) is 0 Å². The fourth-order valence-electron chi connectivity index (χ4n) is 1.51. The second-order valence-corrected chi connectivity index (χ2v) is 4.33. The third-order valence-electron chi connectivity index (χ3n) is 2.39. The Morgan fingerprint density at radius 2 is 1.95 bits per heavy atom. The molecule has 0 aliphatic heterocycles. The number of halogens is 1. The van der Waals surface area contributed by atoms with E-state index in [2.05, 4.69) is 27.7 Å². The zero-order valence-electron chi connectivity index (χ0n) is 9.76. The number of isothiocyanates is 1. The lowest BCUT2D eigenvalue weighted by Crippen LogP contribution is -2.11. The first-order valence-electron chi connectivity index (χ1n) is 5.44. The molecule has 0 spiro atoms. The number of nitrogens with one attached hydrogen (secondary N) is 1. The van der Waals surface area contributed by atoms with Crippen molar-refractivity contribution in [3.05, 3.63) is 59.1 Å². The SMILES string of the molecule is O=C(Nc1ccc(Cl)cc1)c1cccc(N=C=S)c1. The standard InChI is InChI=1S/C14H9ClN2OS/c15-11-4-6-12(7-5-11)17-14(18)10-2-1-3-13(8-10)16-9-19/h1-8H,(H,17,18). The maximum Gasteiger partial charge on any atom is 0.255 e. The maximum atomic E-state index is 12.0. The number of aliphatic imine (C=N–C) groups is 1.